The number of ketones is 1. The van der Waals surface area contributed by atoms with E-state index in [2.05, 4.69) is 5.32 Å². The van der Waals surface area contributed by atoms with Crippen molar-refractivity contribution in [1.29, 1.82) is 0 Å². The van der Waals surface area contributed by atoms with Gasteiger partial charge in [-0.2, -0.15) is 0 Å². The maximum atomic E-state index is 13.5. The first-order chi connectivity index (χ1) is 15.7. The molecule has 2 heterocycles. The number of amides is 4. The van der Waals surface area contributed by atoms with E-state index in [0.717, 1.165) is 16.2 Å². The molecular formula is C24H21F2N3O4. The van der Waals surface area contributed by atoms with E-state index in [9.17, 15) is 28.0 Å². The monoisotopic (exact) mass is 453 g/mol. The first-order valence-corrected chi connectivity index (χ1v) is 10.8. The summed E-state index contributed by atoms with van der Waals surface area (Å²) in [6.45, 7) is -0.479. The number of rotatable bonds is 4. The molecule has 1 saturated heterocycles. The van der Waals surface area contributed by atoms with Crippen LogP contribution >= 0.6 is 0 Å². The Bertz CT molecular complexity index is 1170. The number of para-hydroxylation sites is 1. The van der Waals surface area contributed by atoms with Crippen LogP contribution in [0.25, 0.3) is 0 Å². The zero-order chi connectivity index (χ0) is 23.4. The fourth-order valence-electron chi connectivity index (χ4n) is 4.77. The van der Waals surface area contributed by atoms with Gasteiger partial charge in [0.15, 0.2) is 5.78 Å². The minimum Gasteiger partial charge on any atom is -0.323 e. The SMILES string of the molecule is O=C(CN1C(=O)NC2(CCC(F)(F)CC2)C1=O)c1ccc(N2C(=O)Cc3ccccc32)cc1. The number of benzene rings is 2. The van der Waals surface area contributed by atoms with E-state index in [1.807, 2.05) is 24.3 Å². The number of hydrogen-bond donors (Lipinski definition) is 1. The Labute approximate surface area is 188 Å². The molecule has 9 heteroatoms. The molecule has 0 bridgehead atoms. The second kappa shape index (κ2) is 7.47. The molecule has 0 aromatic heterocycles. The van der Waals surface area contributed by atoms with E-state index >= 15 is 0 Å². The van der Waals surface area contributed by atoms with E-state index in [1.54, 1.807) is 29.2 Å². The molecule has 5 rings (SSSR count). The number of nitrogens with one attached hydrogen (secondary N) is 1. The van der Waals surface area contributed by atoms with Crippen LogP contribution in [-0.2, 0) is 16.0 Å². The number of alkyl halides is 2. The molecule has 1 spiro atoms. The molecular weight excluding hydrogens is 432 g/mol. The van der Waals surface area contributed by atoms with Crippen LogP contribution in [0.2, 0.25) is 0 Å². The van der Waals surface area contributed by atoms with Gasteiger partial charge >= 0.3 is 6.03 Å². The van der Waals surface area contributed by atoms with Crippen molar-refractivity contribution in [2.75, 3.05) is 11.4 Å². The van der Waals surface area contributed by atoms with E-state index in [-0.39, 0.29) is 24.3 Å². The van der Waals surface area contributed by atoms with Crippen molar-refractivity contribution < 1.29 is 28.0 Å². The quantitative estimate of drug-likeness (QED) is 0.566. The van der Waals surface area contributed by atoms with Crippen molar-refractivity contribution in [2.24, 2.45) is 0 Å². The smallest absolute Gasteiger partial charge is 0.323 e. The Hall–Kier alpha value is -3.62. The minimum atomic E-state index is -2.85. The highest BCUT2D eigenvalue weighted by molar-refractivity contribution is 6.11. The summed E-state index contributed by atoms with van der Waals surface area (Å²) in [6, 6.07) is 13.1. The van der Waals surface area contributed by atoms with Gasteiger partial charge in [-0.25, -0.2) is 13.6 Å². The van der Waals surface area contributed by atoms with Crippen LogP contribution < -0.4 is 10.2 Å². The minimum absolute atomic E-state index is 0.0713. The van der Waals surface area contributed by atoms with E-state index in [4.69, 9.17) is 0 Å². The number of Topliss-reactive ketones (excluding diaryl/α,β-unsaturated/α-hetero) is 1. The highest BCUT2D eigenvalue weighted by Gasteiger charge is 2.55. The summed E-state index contributed by atoms with van der Waals surface area (Å²) in [5.41, 5.74) is 1.25. The number of carbonyl (C=O) groups excluding carboxylic acids is 4. The zero-order valence-corrected chi connectivity index (χ0v) is 17.6. The van der Waals surface area contributed by atoms with Gasteiger partial charge in [0.05, 0.1) is 18.7 Å². The zero-order valence-electron chi connectivity index (χ0n) is 17.6. The number of urea groups is 1. The summed E-state index contributed by atoms with van der Waals surface area (Å²) in [7, 11) is 0. The summed E-state index contributed by atoms with van der Waals surface area (Å²) in [6.07, 6.45) is -0.984. The normalized spacial score (nSPS) is 20.8. The standard InChI is InChI=1S/C24H21F2N3O4/c25-24(26)11-9-23(10-12-24)21(32)28(22(33)27-23)14-19(30)15-5-7-17(8-6-15)29-18-4-2-1-3-16(18)13-20(29)31/h1-8H,9-14H2,(H,27,33). The predicted octanol–water partition coefficient (Wildman–Crippen LogP) is 3.59. The molecule has 4 amide bonds. The summed E-state index contributed by atoms with van der Waals surface area (Å²) >= 11 is 0. The Morgan fingerprint density at radius 3 is 2.30 bits per heavy atom. The van der Waals surface area contributed by atoms with Gasteiger partial charge < -0.3 is 5.32 Å². The van der Waals surface area contributed by atoms with E-state index in [0.29, 0.717) is 12.1 Å². The third kappa shape index (κ3) is 3.57. The number of imide groups is 1. The van der Waals surface area contributed by atoms with Crippen LogP contribution in [0.5, 0.6) is 0 Å². The number of hydrogen-bond acceptors (Lipinski definition) is 4. The fourth-order valence-corrected chi connectivity index (χ4v) is 4.77. The van der Waals surface area contributed by atoms with Crippen molar-refractivity contribution >= 4 is 35.0 Å². The van der Waals surface area contributed by atoms with Gasteiger partial charge in [0, 0.05) is 24.1 Å². The van der Waals surface area contributed by atoms with Gasteiger partial charge in [-0.3, -0.25) is 24.2 Å². The summed E-state index contributed by atoms with van der Waals surface area (Å²) in [5, 5.41) is 2.53. The van der Waals surface area contributed by atoms with Gasteiger partial charge in [-0.15, -0.1) is 0 Å². The Balaban J connectivity index is 1.30. The number of carbonyl (C=O) groups is 4. The van der Waals surface area contributed by atoms with Crippen molar-refractivity contribution in [1.82, 2.24) is 10.2 Å². The molecule has 1 aliphatic carbocycles. The lowest BCUT2D eigenvalue weighted by molar-refractivity contribution is -0.135. The highest BCUT2D eigenvalue weighted by atomic mass is 19.3. The van der Waals surface area contributed by atoms with Crippen LogP contribution in [0.4, 0.5) is 25.0 Å². The first-order valence-electron chi connectivity index (χ1n) is 10.8. The maximum absolute atomic E-state index is 13.5. The molecule has 0 radical (unpaired) electrons. The Morgan fingerprint density at radius 2 is 1.61 bits per heavy atom. The summed E-state index contributed by atoms with van der Waals surface area (Å²) in [5.74, 6) is -4.01. The average molecular weight is 453 g/mol. The topological polar surface area (TPSA) is 86.8 Å². The molecule has 2 aromatic rings. The van der Waals surface area contributed by atoms with E-state index < -0.39 is 48.6 Å². The average Bonchev–Trinajstić information content (AvgIpc) is 3.24. The third-order valence-electron chi connectivity index (χ3n) is 6.65. The molecule has 2 fully saturated rings. The van der Waals surface area contributed by atoms with Crippen LogP contribution in [0.15, 0.2) is 48.5 Å². The molecule has 7 nitrogen and oxygen atoms in total. The Morgan fingerprint density at radius 1 is 0.939 bits per heavy atom. The van der Waals surface area contributed by atoms with Crippen LogP contribution in [-0.4, -0.2) is 46.5 Å². The summed E-state index contributed by atoms with van der Waals surface area (Å²) < 4.78 is 27.1. The molecule has 33 heavy (non-hydrogen) atoms. The van der Waals surface area contributed by atoms with Crippen molar-refractivity contribution in [3.05, 3.63) is 59.7 Å². The molecule has 1 N–H and O–H groups in total. The third-order valence-corrected chi connectivity index (χ3v) is 6.65. The molecule has 1 saturated carbocycles. The largest absolute Gasteiger partial charge is 0.325 e. The fraction of sp³-hybridized carbons (Fsp3) is 0.333. The molecule has 170 valence electrons. The highest BCUT2D eigenvalue weighted by Crippen LogP contribution is 2.41. The van der Waals surface area contributed by atoms with Gasteiger partial charge in [-0.1, -0.05) is 18.2 Å². The van der Waals surface area contributed by atoms with Crippen LogP contribution in [0, 0.1) is 0 Å². The number of halogens is 2. The Kier molecular flexibility index (Phi) is 4.81. The maximum Gasteiger partial charge on any atom is 0.325 e. The van der Waals surface area contributed by atoms with Crippen molar-refractivity contribution in [3.63, 3.8) is 0 Å². The number of anilines is 2. The second-order valence-electron chi connectivity index (χ2n) is 8.76. The lowest BCUT2D eigenvalue weighted by atomic mass is 9.80. The molecule has 3 aliphatic rings. The summed E-state index contributed by atoms with van der Waals surface area (Å²) in [4.78, 5) is 52.9. The number of fused-ring (bicyclic) bond motifs is 1. The molecule has 0 atom stereocenters. The molecule has 0 unspecified atom stereocenters. The van der Waals surface area contributed by atoms with Crippen LogP contribution in [0.1, 0.15) is 41.6 Å². The van der Waals surface area contributed by atoms with Crippen molar-refractivity contribution in [3.8, 4) is 0 Å². The lowest BCUT2D eigenvalue weighted by Gasteiger charge is -2.34. The molecule has 2 aliphatic heterocycles. The first kappa shape index (κ1) is 21.2. The van der Waals surface area contributed by atoms with Crippen LogP contribution in [0.3, 0.4) is 0 Å². The van der Waals surface area contributed by atoms with Gasteiger partial charge in [0.2, 0.25) is 11.8 Å². The number of nitrogens with zero attached hydrogens (tertiary/aromatic N) is 2. The van der Waals surface area contributed by atoms with Gasteiger partial charge in [-0.05, 0) is 48.7 Å². The second-order valence-corrected chi connectivity index (χ2v) is 8.76. The van der Waals surface area contributed by atoms with Gasteiger partial charge in [0.25, 0.3) is 5.91 Å². The van der Waals surface area contributed by atoms with Gasteiger partial charge in [0.1, 0.15) is 5.54 Å². The lowest BCUT2D eigenvalue weighted by Crippen LogP contribution is -2.51. The molecule has 2 aromatic carbocycles. The van der Waals surface area contributed by atoms with E-state index in [1.165, 1.54) is 0 Å². The van der Waals surface area contributed by atoms with Crippen molar-refractivity contribution in [2.45, 2.75) is 43.6 Å². The predicted molar refractivity (Wildman–Crippen MR) is 114 cm³/mol.